The first-order valence-electron chi connectivity index (χ1n) is 4.86. The van der Waals surface area contributed by atoms with Gasteiger partial charge in [-0.15, -0.1) is 0 Å². The summed E-state index contributed by atoms with van der Waals surface area (Å²) < 4.78 is 0. The van der Waals surface area contributed by atoms with Crippen LogP contribution in [0.4, 0.5) is 11.4 Å². The van der Waals surface area contributed by atoms with Crippen molar-refractivity contribution in [1.29, 1.82) is 0 Å². The second kappa shape index (κ2) is 6.25. The molecule has 1 N–H and O–H groups in total. The van der Waals surface area contributed by atoms with Crippen LogP contribution in [0, 0.1) is 0 Å². The maximum absolute atomic E-state index is 3.44. The number of fused-ring (bicyclic) bond motifs is 2. The summed E-state index contributed by atoms with van der Waals surface area (Å²) in [5, 5.41) is 3.44. The van der Waals surface area contributed by atoms with Gasteiger partial charge in [-0.2, -0.15) is 0 Å². The molecule has 16 heavy (non-hydrogen) atoms. The first-order chi connectivity index (χ1) is 6.93. The summed E-state index contributed by atoms with van der Waals surface area (Å²) in [5.41, 5.74) is 5.25. The van der Waals surface area contributed by atoms with E-state index in [0.29, 0.717) is 0 Å². The predicted octanol–water partition coefficient (Wildman–Crippen LogP) is 2.57. The first kappa shape index (κ1) is 14.3. The molecule has 0 saturated heterocycles. The first-order valence-corrected chi connectivity index (χ1v) is 4.86. The average molecular weight is 227 g/mol. The molecule has 2 aromatic carbocycles. The number of hydrogen-bond donors (Lipinski definition) is 1. The zero-order valence-electron chi connectivity index (χ0n) is 9.83. The molecular weight excluding hydrogens is 216 g/mol. The largest absolute Gasteiger partial charge is 0.355 e. The molecule has 1 aliphatic rings. The van der Waals surface area contributed by atoms with Crippen LogP contribution in [0.1, 0.15) is 11.1 Å². The van der Waals surface area contributed by atoms with Gasteiger partial charge in [0.15, 0.2) is 0 Å². The molecule has 1 heterocycles. The number of nitrogens with one attached hydrogen (secondary N) is 1. The van der Waals surface area contributed by atoms with Crippen LogP contribution in [0.15, 0.2) is 48.5 Å². The Labute approximate surface area is 140 Å². The smallest absolute Gasteiger partial charge is 0.0420 e. The SMILES string of the molecule is [Na].[Na].c1ccc2c(c1)Cc1ccccc1N2. The van der Waals surface area contributed by atoms with E-state index in [-0.39, 0.29) is 59.1 Å². The molecule has 1 aliphatic heterocycles. The van der Waals surface area contributed by atoms with Crippen molar-refractivity contribution in [2.45, 2.75) is 6.42 Å². The number of anilines is 2. The fraction of sp³-hybridized carbons (Fsp3) is 0.0769. The van der Waals surface area contributed by atoms with E-state index in [0.717, 1.165) is 6.42 Å². The zero-order chi connectivity index (χ0) is 9.38. The van der Waals surface area contributed by atoms with Crippen molar-refractivity contribution >= 4 is 70.5 Å². The molecule has 0 aliphatic carbocycles. The van der Waals surface area contributed by atoms with Crippen LogP contribution >= 0.6 is 0 Å². The molecule has 0 spiro atoms. The van der Waals surface area contributed by atoms with Gasteiger partial charge in [0.05, 0.1) is 0 Å². The summed E-state index contributed by atoms with van der Waals surface area (Å²) in [6, 6.07) is 16.9. The van der Waals surface area contributed by atoms with E-state index < -0.39 is 0 Å². The van der Waals surface area contributed by atoms with Crippen molar-refractivity contribution in [1.82, 2.24) is 0 Å². The van der Waals surface area contributed by atoms with Crippen molar-refractivity contribution in [3.8, 4) is 0 Å². The molecule has 0 unspecified atom stereocenters. The van der Waals surface area contributed by atoms with Gasteiger partial charge in [-0.25, -0.2) is 0 Å². The van der Waals surface area contributed by atoms with Gasteiger partial charge in [0.2, 0.25) is 0 Å². The number of hydrogen-bond acceptors (Lipinski definition) is 1. The summed E-state index contributed by atoms with van der Waals surface area (Å²) >= 11 is 0. The minimum Gasteiger partial charge on any atom is -0.355 e. The van der Waals surface area contributed by atoms with Gasteiger partial charge in [0, 0.05) is 76.9 Å². The summed E-state index contributed by atoms with van der Waals surface area (Å²) in [6.45, 7) is 0. The quantitative estimate of drug-likeness (QED) is 0.582. The Morgan fingerprint density at radius 3 is 1.62 bits per heavy atom. The Kier molecular flexibility index (Phi) is 5.58. The second-order valence-electron chi connectivity index (χ2n) is 3.62. The maximum Gasteiger partial charge on any atom is 0.0420 e. The molecule has 2 aromatic rings. The Hall–Kier alpha value is 0.240. The molecule has 2 radical (unpaired) electrons. The molecule has 0 aromatic heterocycles. The van der Waals surface area contributed by atoms with Crippen molar-refractivity contribution in [3.05, 3.63) is 59.7 Å². The minimum atomic E-state index is 0. The van der Waals surface area contributed by atoms with Crippen LogP contribution in [-0.2, 0) is 6.42 Å². The van der Waals surface area contributed by atoms with E-state index in [2.05, 4.69) is 53.8 Å². The van der Waals surface area contributed by atoms with E-state index in [1.807, 2.05) is 0 Å². The van der Waals surface area contributed by atoms with Gasteiger partial charge < -0.3 is 5.32 Å². The van der Waals surface area contributed by atoms with Gasteiger partial charge in [-0.05, 0) is 23.3 Å². The molecule has 0 amide bonds. The van der Waals surface area contributed by atoms with E-state index in [9.17, 15) is 0 Å². The number of para-hydroxylation sites is 2. The van der Waals surface area contributed by atoms with E-state index >= 15 is 0 Å². The van der Waals surface area contributed by atoms with Gasteiger partial charge >= 0.3 is 0 Å². The van der Waals surface area contributed by atoms with Crippen LogP contribution in [0.25, 0.3) is 0 Å². The third kappa shape index (κ3) is 2.73. The molecule has 0 atom stereocenters. The Morgan fingerprint density at radius 1 is 0.688 bits per heavy atom. The zero-order valence-corrected chi connectivity index (χ0v) is 13.8. The molecule has 1 nitrogen and oxygen atoms in total. The normalized spacial score (nSPS) is 11.0. The summed E-state index contributed by atoms with van der Waals surface area (Å²) in [4.78, 5) is 0. The van der Waals surface area contributed by atoms with Gasteiger partial charge in [-0.3, -0.25) is 0 Å². The molecule has 0 saturated carbocycles. The fourth-order valence-electron chi connectivity index (χ4n) is 1.94. The fourth-order valence-corrected chi connectivity index (χ4v) is 1.94. The monoisotopic (exact) mass is 227 g/mol. The van der Waals surface area contributed by atoms with Gasteiger partial charge in [-0.1, -0.05) is 36.4 Å². The second-order valence-corrected chi connectivity index (χ2v) is 3.62. The maximum atomic E-state index is 3.44. The molecule has 70 valence electrons. The third-order valence-electron chi connectivity index (χ3n) is 2.68. The van der Waals surface area contributed by atoms with Crippen molar-refractivity contribution in [2.24, 2.45) is 0 Å². The molecular formula is C13H11NNa2. The molecule has 3 rings (SSSR count). The van der Waals surface area contributed by atoms with E-state index in [4.69, 9.17) is 0 Å². The van der Waals surface area contributed by atoms with Crippen LogP contribution < -0.4 is 5.32 Å². The third-order valence-corrected chi connectivity index (χ3v) is 2.68. The summed E-state index contributed by atoms with van der Waals surface area (Å²) in [6.07, 6.45) is 1.04. The Morgan fingerprint density at radius 2 is 1.12 bits per heavy atom. The Balaban J connectivity index is 0.000000640. The van der Waals surface area contributed by atoms with Crippen molar-refractivity contribution in [3.63, 3.8) is 0 Å². The molecule has 0 fully saturated rings. The van der Waals surface area contributed by atoms with Crippen LogP contribution in [0.3, 0.4) is 0 Å². The Bertz CT molecular complexity index is 395. The van der Waals surface area contributed by atoms with Crippen LogP contribution in [-0.4, -0.2) is 59.1 Å². The van der Waals surface area contributed by atoms with Crippen molar-refractivity contribution < 1.29 is 0 Å². The van der Waals surface area contributed by atoms with Gasteiger partial charge in [0.1, 0.15) is 0 Å². The summed E-state index contributed by atoms with van der Waals surface area (Å²) in [7, 11) is 0. The van der Waals surface area contributed by atoms with Gasteiger partial charge in [0.25, 0.3) is 0 Å². The van der Waals surface area contributed by atoms with E-state index in [1.165, 1.54) is 22.5 Å². The molecule has 0 bridgehead atoms. The average Bonchev–Trinajstić information content (AvgIpc) is 2.26. The predicted molar refractivity (Wildman–Crippen MR) is 70.5 cm³/mol. The summed E-state index contributed by atoms with van der Waals surface area (Å²) in [5.74, 6) is 0. The topological polar surface area (TPSA) is 12.0 Å². The minimum absolute atomic E-state index is 0. The number of rotatable bonds is 0. The van der Waals surface area contributed by atoms with Crippen LogP contribution in [0.2, 0.25) is 0 Å². The molecule has 3 heteroatoms. The van der Waals surface area contributed by atoms with E-state index in [1.54, 1.807) is 0 Å². The van der Waals surface area contributed by atoms with Crippen LogP contribution in [0.5, 0.6) is 0 Å². The standard InChI is InChI=1S/C13H11N.2Na/c1-3-7-12-10(5-1)9-11-6-2-4-8-13(11)14-12;;/h1-8,14H,9H2;;. The van der Waals surface area contributed by atoms with Crippen molar-refractivity contribution in [2.75, 3.05) is 5.32 Å². The number of benzene rings is 2.